The van der Waals surface area contributed by atoms with E-state index in [-0.39, 0.29) is 29.3 Å². The molecule has 0 saturated heterocycles. The standard InChI is InChI=1S/C23H22O6/c1-4-17(23(26)27-5-2)28-18-12-11-16-14(3)13-19(24)29-22(16)20(18)21(25)15-9-7-6-8-10-15/h6-13,17H,4-5H2,1-3H3/t17-/m0/s1. The van der Waals surface area contributed by atoms with Crippen molar-refractivity contribution in [1.29, 1.82) is 0 Å². The number of ketones is 1. The van der Waals surface area contributed by atoms with Gasteiger partial charge in [0, 0.05) is 17.0 Å². The first-order chi connectivity index (χ1) is 14.0. The van der Waals surface area contributed by atoms with Crippen LogP contribution >= 0.6 is 0 Å². The first-order valence-electron chi connectivity index (χ1n) is 9.46. The van der Waals surface area contributed by atoms with Crippen LogP contribution in [0.15, 0.2) is 57.7 Å². The molecule has 0 fully saturated rings. The zero-order chi connectivity index (χ0) is 21.0. The molecule has 1 heterocycles. The largest absolute Gasteiger partial charge is 0.478 e. The van der Waals surface area contributed by atoms with Gasteiger partial charge in [0.2, 0.25) is 5.78 Å². The van der Waals surface area contributed by atoms with Crippen molar-refractivity contribution in [3.63, 3.8) is 0 Å². The number of esters is 1. The Morgan fingerprint density at radius 3 is 2.45 bits per heavy atom. The van der Waals surface area contributed by atoms with Gasteiger partial charge < -0.3 is 13.9 Å². The van der Waals surface area contributed by atoms with E-state index >= 15 is 0 Å². The van der Waals surface area contributed by atoms with E-state index in [1.165, 1.54) is 6.07 Å². The molecule has 3 aromatic rings. The molecule has 29 heavy (non-hydrogen) atoms. The number of rotatable bonds is 7. The first kappa shape index (κ1) is 20.3. The monoisotopic (exact) mass is 394 g/mol. The summed E-state index contributed by atoms with van der Waals surface area (Å²) in [6, 6.07) is 13.3. The number of carbonyl (C=O) groups excluding carboxylic acids is 2. The number of benzene rings is 2. The Balaban J connectivity index is 2.20. The van der Waals surface area contributed by atoms with Crippen molar-refractivity contribution >= 4 is 22.7 Å². The summed E-state index contributed by atoms with van der Waals surface area (Å²) in [4.78, 5) is 37.5. The molecule has 0 bridgehead atoms. The quantitative estimate of drug-likeness (QED) is 0.341. The summed E-state index contributed by atoms with van der Waals surface area (Å²) in [6.07, 6.45) is -0.528. The highest BCUT2D eigenvalue weighted by atomic mass is 16.6. The Morgan fingerprint density at radius 1 is 1.07 bits per heavy atom. The van der Waals surface area contributed by atoms with Crippen LogP contribution in [-0.4, -0.2) is 24.5 Å². The van der Waals surface area contributed by atoms with Crippen LogP contribution in [0.2, 0.25) is 0 Å². The third-order valence-electron chi connectivity index (χ3n) is 4.53. The van der Waals surface area contributed by atoms with Crippen LogP contribution in [0.5, 0.6) is 5.75 Å². The average molecular weight is 394 g/mol. The lowest BCUT2D eigenvalue weighted by Gasteiger charge is -2.19. The van der Waals surface area contributed by atoms with Crippen LogP contribution in [0.4, 0.5) is 0 Å². The maximum absolute atomic E-state index is 13.3. The molecule has 0 N–H and O–H groups in total. The lowest BCUT2D eigenvalue weighted by molar-refractivity contribution is -0.151. The number of ether oxygens (including phenoxy) is 2. The molecular formula is C23H22O6. The van der Waals surface area contributed by atoms with E-state index in [9.17, 15) is 14.4 Å². The Morgan fingerprint density at radius 2 is 1.79 bits per heavy atom. The molecule has 0 aliphatic carbocycles. The Bertz CT molecular complexity index is 1100. The number of carbonyl (C=O) groups is 2. The van der Waals surface area contributed by atoms with E-state index in [1.807, 2.05) is 0 Å². The van der Waals surface area contributed by atoms with Gasteiger partial charge in [-0.2, -0.15) is 0 Å². The summed E-state index contributed by atoms with van der Waals surface area (Å²) in [5.41, 5.74) is 0.782. The van der Waals surface area contributed by atoms with Gasteiger partial charge in [0.1, 0.15) is 11.3 Å². The molecule has 0 radical (unpaired) electrons. The van der Waals surface area contributed by atoms with Gasteiger partial charge >= 0.3 is 11.6 Å². The second kappa shape index (κ2) is 8.73. The van der Waals surface area contributed by atoms with E-state index < -0.39 is 17.7 Å². The molecule has 150 valence electrons. The summed E-state index contributed by atoms with van der Waals surface area (Å²) >= 11 is 0. The highest BCUT2D eigenvalue weighted by Crippen LogP contribution is 2.32. The smallest absolute Gasteiger partial charge is 0.347 e. The SMILES string of the molecule is CCOC(=O)[C@H](CC)Oc1ccc2c(C)cc(=O)oc2c1C(=O)c1ccccc1. The summed E-state index contributed by atoms with van der Waals surface area (Å²) in [7, 11) is 0. The third kappa shape index (κ3) is 4.21. The number of hydrogen-bond acceptors (Lipinski definition) is 6. The number of hydrogen-bond donors (Lipinski definition) is 0. The summed E-state index contributed by atoms with van der Waals surface area (Å²) in [5, 5.41) is 0.625. The molecule has 1 aromatic heterocycles. The van der Waals surface area contributed by atoms with Crippen LogP contribution in [0, 0.1) is 6.92 Å². The molecule has 0 aliphatic rings. The molecule has 6 nitrogen and oxygen atoms in total. The predicted molar refractivity (Wildman–Crippen MR) is 108 cm³/mol. The number of aryl methyl sites for hydroxylation is 1. The predicted octanol–water partition coefficient (Wildman–Crippen LogP) is 4.05. The molecule has 0 unspecified atom stereocenters. The van der Waals surface area contributed by atoms with Gasteiger partial charge in [-0.25, -0.2) is 9.59 Å². The molecule has 0 saturated carbocycles. The maximum Gasteiger partial charge on any atom is 0.347 e. The summed E-state index contributed by atoms with van der Waals surface area (Å²) in [5.74, 6) is -0.711. The van der Waals surface area contributed by atoms with Gasteiger partial charge in [-0.15, -0.1) is 0 Å². The van der Waals surface area contributed by atoms with Gasteiger partial charge in [0.25, 0.3) is 0 Å². The molecule has 0 spiro atoms. The minimum Gasteiger partial charge on any atom is -0.478 e. The molecule has 6 heteroatoms. The van der Waals surface area contributed by atoms with Crippen molar-refractivity contribution in [1.82, 2.24) is 0 Å². The summed E-state index contributed by atoms with van der Waals surface area (Å²) in [6.45, 7) is 5.48. The van der Waals surface area contributed by atoms with Crippen molar-refractivity contribution < 1.29 is 23.5 Å². The average Bonchev–Trinajstić information content (AvgIpc) is 2.71. The zero-order valence-corrected chi connectivity index (χ0v) is 16.6. The Labute approximate surface area is 168 Å². The van der Waals surface area contributed by atoms with E-state index in [2.05, 4.69) is 0 Å². The fraction of sp³-hybridized carbons (Fsp3) is 0.261. The lowest BCUT2D eigenvalue weighted by Crippen LogP contribution is -2.29. The van der Waals surface area contributed by atoms with Crippen LogP contribution in [0.3, 0.4) is 0 Å². The van der Waals surface area contributed by atoms with Gasteiger partial charge in [0.15, 0.2) is 11.7 Å². The summed E-state index contributed by atoms with van der Waals surface area (Å²) < 4.78 is 16.3. The third-order valence-corrected chi connectivity index (χ3v) is 4.53. The lowest BCUT2D eigenvalue weighted by atomic mass is 9.98. The van der Waals surface area contributed by atoms with Crippen molar-refractivity contribution in [3.05, 3.63) is 75.6 Å². The second-order valence-corrected chi connectivity index (χ2v) is 6.53. The van der Waals surface area contributed by atoms with Crippen molar-refractivity contribution in [2.24, 2.45) is 0 Å². The second-order valence-electron chi connectivity index (χ2n) is 6.53. The van der Waals surface area contributed by atoms with Crippen molar-refractivity contribution in [2.45, 2.75) is 33.3 Å². The van der Waals surface area contributed by atoms with E-state index in [1.54, 1.807) is 63.2 Å². The van der Waals surface area contributed by atoms with E-state index in [0.717, 1.165) is 0 Å². The Kier molecular flexibility index (Phi) is 6.12. The topological polar surface area (TPSA) is 82.8 Å². The molecule has 3 rings (SSSR count). The normalized spacial score (nSPS) is 11.8. The van der Waals surface area contributed by atoms with Crippen molar-refractivity contribution in [3.8, 4) is 5.75 Å². The van der Waals surface area contributed by atoms with E-state index in [4.69, 9.17) is 13.9 Å². The van der Waals surface area contributed by atoms with Crippen LogP contribution in [0.25, 0.3) is 11.0 Å². The fourth-order valence-corrected chi connectivity index (χ4v) is 3.10. The van der Waals surface area contributed by atoms with Gasteiger partial charge in [0.05, 0.1) is 6.61 Å². The minimum absolute atomic E-state index is 0.109. The fourth-order valence-electron chi connectivity index (χ4n) is 3.10. The van der Waals surface area contributed by atoms with Gasteiger partial charge in [-0.3, -0.25) is 4.79 Å². The first-order valence-corrected chi connectivity index (χ1v) is 9.46. The molecule has 0 aliphatic heterocycles. The number of fused-ring (bicyclic) bond motifs is 1. The van der Waals surface area contributed by atoms with Crippen LogP contribution < -0.4 is 10.4 Å². The van der Waals surface area contributed by atoms with Crippen molar-refractivity contribution in [2.75, 3.05) is 6.61 Å². The van der Waals surface area contributed by atoms with Crippen LogP contribution in [-0.2, 0) is 9.53 Å². The van der Waals surface area contributed by atoms with E-state index in [0.29, 0.717) is 22.9 Å². The molecular weight excluding hydrogens is 372 g/mol. The van der Waals surface area contributed by atoms with Gasteiger partial charge in [-0.05, 0) is 38.0 Å². The minimum atomic E-state index is -0.883. The highest BCUT2D eigenvalue weighted by molar-refractivity contribution is 6.17. The molecule has 1 atom stereocenters. The Hall–Kier alpha value is -3.41. The molecule has 0 amide bonds. The zero-order valence-electron chi connectivity index (χ0n) is 16.6. The van der Waals surface area contributed by atoms with Crippen LogP contribution in [0.1, 0.15) is 41.8 Å². The van der Waals surface area contributed by atoms with Gasteiger partial charge in [-0.1, -0.05) is 37.3 Å². The highest BCUT2D eigenvalue weighted by Gasteiger charge is 2.26. The molecule has 2 aromatic carbocycles. The maximum atomic E-state index is 13.3.